The topological polar surface area (TPSA) is 156 Å². The zero-order valence-electron chi connectivity index (χ0n) is 23.9. The van der Waals surface area contributed by atoms with E-state index in [1.165, 1.54) is 16.5 Å². The van der Waals surface area contributed by atoms with Gasteiger partial charge in [0, 0.05) is 45.8 Å². The molecule has 13 nitrogen and oxygen atoms in total. The van der Waals surface area contributed by atoms with Crippen molar-refractivity contribution in [3.8, 4) is 11.3 Å². The van der Waals surface area contributed by atoms with Crippen LogP contribution in [0.4, 0.5) is 4.79 Å². The summed E-state index contributed by atoms with van der Waals surface area (Å²) in [4.78, 5) is 45.4. The molecule has 2 amide bonds. The zero-order valence-corrected chi connectivity index (χ0v) is 23.9. The molecule has 2 fully saturated rings. The second-order valence-electron chi connectivity index (χ2n) is 11.1. The van der Waals surface area contributed by atoms with Crippen LogP contribution < -0.4 is 0 Å². The number of benzene rings is 1. The summed E-state index contributed by atoms with van der Waals surface area (Å²) in [7, 11) is 1.57. The molecule has 1 aromatic carbocycles. The number of aliphatic hydroxyl groups is 1. The van der Waals surface area contributed by atoms with Gasteiger partial charge in [-0.05, 0) is 19.3 Å². The highest BCUT2D eigenvalue weighted by Gasteiger charge is 2.43. The third-order valence-electron chi connectivity index (χ3n) is 8.34. The number of imidazole rings is 1. The Balaban J connectivity index is 1.49. The predicted molar refractivity (Wildman–Crippen MR) is 151 cm³/mol. The predicted octanol–water partition coefficient (Wildman–Crippen LogP) is 2.73. The van der Waals surface area contributed by atoms with Gasteiger partial charge in [-0.2, -0.15) is 0 Å². The minimum Gasteiger partial charge on any atom is -0.465 e. The van der Waals surface area contributed by atoms with Gasteiger partial charge in [-0.25, -0.2) is 9.78 Å². The van der Waals surface area contributed by atoms with Crippen LogP contribution in [0.5, 0.6) is 0 Å². The summed E-state index contributed by atoms with van der Waals surface area (Å²) in [6.07, 6.45) is 5.63. The number of hydrogen-bond acceptors (Lipinski definition) is 8. The van der Waals surface area contributed by atoms with Crippen LogP contribution in [0.1, 0.15) is 66.0 Å². The third kappa shape index (κ3) is 5.93. The number of aryl methyl sites for hydroxylation is 1. The molecular formula is C29H37N7O6. The third-order valence-corrected chi connectivity index (χ3v) is 8.34. The Hall–Kier alpha value is -4.10. The van der Waals surface area contributed by atoms with Crippen molar-refractivity contribution in [1.82, 2.24) is 34.3 Å². The molecule has 1 aliphatic carbocycles. The molecule has 5 rings (SSSR count). The monoisotopic (exact) mass is 579 g/mol. The minimum atomic E-state index is -1.11. The molecule has 1 saturated heterocycles. The number of piperazine rings is 1. The maximum Gasteiger partial charge on any atom is 0.407 e. The van der Waals surface area contributed by atoms with Crippen LogP contribution in [-0.4, -0.2) is 107 Å². The first kappa shape index (κ1) is 29.4. The Kier molecular flexibility index (Phi) is 8.69. The molecule has 42 heavy (non-hydrogen) atoms. The van der Waals surface area contributed by atoms with E-state index < -0.39 is 17.7 Å². The van der Waals surface area contributed by atoms with Crippen molar-refractivity contribution in [1.29, 1.82) is 0 Å². The number of carboxylic acid groups (broad SMARTS) is 1. The number of carbonyl (C=O) groups is 3. The van der Waals surface area contributed by atoms with E-state index >= 15 is 0 Å². The highest BCUT2D eigenvalue weighted by molar-refractivity contribution is 5.98. The van der Waals surface area contributed by atoms with Gasteiger partial charge in [-0.3, -0.25) is 14.3 Å². The summed E-state index contributed by atoms with van der Waals surface area (Å²) < 4.78 is 8.86. The number of hydrogen-bond donors (Lipinski definition) is 2. The van der Waals surface area contributed by atoms with Crippen LogP contribution in [-0.2, 0) is 11.3 Å². The fourth-order valence-corrected chi connectivity index (χ4v) is 6.19. The summed E-state index contributed by atoms with van der Waals surface area (Å²) in [5.74, 6) is -0.510. The molecule has 3 aromatic rings. The second-order valence-corrected chi connectivity index (χ2v) is 11.1. The first-order valence-electron chi connectivity index (χ1n) is 14.3. The molecule has 3 heterocycles. The molecule has 2 N–H and O–H groups in total. The van der Waals surface area contributed by atoms with Crippen molar-refractivity contribution in [3.05, 3.63) is 54.2 Å². The number of aromatic nitrogens is 5. The van der Waals surface area contributed by atoms with Crippen LogP contribution >= 0.6 is 0 Å². The highest BCUT2D eigenvalue weighted by atomic mass is 16.5. The highest BCUT2D eigenvalue weighted by Crippen LogP contribution is 2.41. The number of amides is 2. The first-order valence-corrected chi connectivity index (χ1v) is 14.3. The molecule has 0 bridgehead atoms. The van der Waals surface area contributed by atoms with Gasteiger partial charge in [0.05, 0.1) is 36.9 Å². The molecule has 2 aromatic heterocycles. The molecule has 224 valence electrons. The van der Waals surface area contributed by atoms with Crippen LogP contribution in [0.2, 0.25) is 0 Å². The van der Waals surface area contributed by atoms with Crippen LogP contribution in [0.3, 0.4) is 0 Å². The number of Topliss-reactive ketones (excluding diaryl/α,β-unsaturated/α-hetero) is 1. The Morgan fingerprint density at radius 3 is 2.62 bits per heavy atom. The minimum absolute atomic E-state index is 0.132. The smallest absolute Gasteiger partial charge is 0.407 e. The van der Waals surface area contributed by atoms with Gasteiger partial charge >= 0.3 is 6.09 Å². The Bertz CT molecular complexity index is 1420. The summed E-state index contributed by atoms with van der Waals surface area (Å²) >= 11 is 0. The van der Waals surface area contributed by atoms with E-state index in [4.69, 9.17) is 4.74 Å². The largest absolute Gasteiger partial charge is 0.465 e. The molecule has 0 spiro atoms. The Labute approximate surface area is 243 Å². The fourth-order valence-electron chi connectivity index (χ4n) is 6.19. The van der Waals surface area contributed by atoms with Crippen molar-refractivity contribution >= 4 is 17.8 Å². The maximum atomic E-state index is 14.3. The van der Waals surface area contributed by atoms with Gasteiger partial charge in [0.1, 0.15) is 11.3 Å². The van der Waals surface area contributed by atoms with E-state index in [2.05, 4.69) is 15.3 Å². The fraction of sp³-hybridized carbons (Fsp3) is 0.517. The molecule has 13 heteroatoms. The van der Waals surface area contributed by atoms with Crippen LogP contribution in [0.15, 0.2) is 42.9 Å². The SMILES string of the molecule is COC[C@]1(O)CCCC[C@H]1n1cnc(C(=O)N2CCN(C(=O)O)C[C@H]2CCn2cc(C(C)=O)nn2)c1-c1ccccc1. The summed E-state index contributed by atoms with van der Waals surface area (Å²) in [6.45, 7) is 2.42. The number of carbonyl (C=O) groups excluding carboxylic acids is 2. The van der Waals surface area contributed by atoms with Crippen molar-refractivity contribution in [2.24, 2.45) is 0 Å². The molecule has 2 aliphatic rings. The molecule has 0 unspecified atom stereocenters. The van der Waals surface area contributed by atoms with E-state index in [0.717, 1.165) is 18.4 Å². The van der Waals surface area contributed by atoms with Gasteiger partial charge in [0.25, 0.3) is 5.91 Å². The van der Waals surface area contributed by atoms with E-state index in [9.17, 15) is 24.6 Å². The molecule has 3 atom stereocenters. The van der Waals surface area contributed by atoms with E-state index in [0.29, 0.717) is 31.5 Å². The number of ketones is 1. The zero-order chi connectivity index (χ0) is 29.9. The lowest BCUT2D eigenvalue weighted by molar-refractivity contribution is -0.0893. The Morgan fingerprint density at radius 2 is 1.93 bits per heavy atom. The van der Waals surface area contributed by atoms with Gasteiger partial charge in [-0.1, -0.05) is 48.4 Å². The average molecular weight is 580 g/mol. The Morgan fingerprint density at radius 1 is 1.14 bits per heavy atom. The summed E-state index contributed by atoms with van der Waals surface area (Å²) in [5, 5.41) is 29.2. The first-order chi connectivity index (χ1) is 20.2. The number of ether oxygens (including phenoxy) is 1. The number of methoxy groups -OCH3 is 1. The molecule has 1 saturated carbocycles. The van der Waals surface area contributed by atoms with E-state index in [1.807, 2.05) is 34.9 Å². The quantitative estimate of drug-likeness (QED) is 0.364. The lowest BCUT2D eigenvalue weighted by Gasteiger charge is -2.41. The van der Waals surface area contributed by atoms with Gasteiger partial charge in [0.15, 0.2) is 11.5 Å². The average Bonchev–Trinajstić information content (AvgIpc) is 3.64. The molecular weight excluding hydrogens is 542 g/mol. The standard InChI is InChI=1S/C29H37N7O6/c1-20(37)23-17-34(32-31-23)13-11-22-16-33(28(39)40)14-15-35(22)27(38)25-26(21-8-4-3-5-9-21)36(19-30-25)24-10-6-7-12-29(24,41)18-42-2/h3-5,8-9,17,19,22,24,41H,6-7,10-16,18H2,1-2H3,(H,39,40)/t22-,24-,29-/m1/s1. The van der Waals surface area contributed by atoms with Gasteiger partial charge in [0.2, 0.25) is 0 Å². The number of nitrogens with zero attached hydrogens (tertiary/aromatic N) is 7. The second kappa shape index (κ2) is 12.4. The van der Waals surface area contributed by atoms with Crippen molar-refractivity contribution in [2.45, 2.75) is 63.3 Å². The van der Waals surface area contributed by atoms with E-state index in [-0.39, 0.29) is 55.4 Å². The van der Waals surface area contributed by atoms with Crippen molar-refractivity contribution in [3.63, 3.8) is 0 Å². The van der Waals surface area contributed by atoms with Crippen molar-refractivity contribution < 1.29 is 29.3 Å². The summed E-state index contributed by atoms with van der Waals surface area (Å²) in [5.41, 5.74) is 0.796. The number of rotatable bonds is 9. The normalized spacial score (nSPS) is 22.7. The molecule has 1 aliphatic heterocycles. The maximum absolute atomic E-state index is 14.3. The van der Waals surface area contributed by atoms with Crippen LogP contribution in [0, 0.1) is 0 Å². The van der Waals surface area contributed by atoms with Gasteiger partial charge < -0.3 is 29.3 Å². The summed E-state index contributed by atoms with van der Waals surface area (Å²) in [6, 6.07) is 8.73. The van der Waals surface area contributed by atoms with Crippen LogP contribution in [0.25, 0.3) is 11.3 Å². The lowest BCUT2D eigenvalue weighted by Crippen LogP contribution is -2.56. The lowest BCUT2D eigenvalue weighted by atomic mass is 9.80. The van der Waals surface area contributed by atoms with Gasteiger partial charge in [-0.15, -0.1) is 5.10 Å². The molecule has 0 radical (unpaired) electrons. The van der Waals surface area contributed by atoms with Crippen molar-refractivity contribution in [2.75, 3.05) is 33.4 Å². The van der Waals surface area contributed by atoms with E-state index in [1.54, 1.807) is 24.5 Å².